The number of imidazole rings is 1. The molecule has 2 atom stereocenters. The van der Waals surface area contributed by atoms with Crippen molar-refractivity contribution in [2.45, 2.75) is 31.3 Å². The molecule has 2 saturated heterocycles. The first-order valence-electron chi connectivity index (χ1n) is 11.0. The lowest BCUT2D eigenvalue weighted by molar-refractivity contribution is -0.131. The highest BCUT2D eigenvalue weighted by Gasteiger charge is 2.38. The van der Waals surface area contributed by atoms with Gasteiger partial charge in [0.25, 0.3) is 5.91 Å². The fourth-order valence-corrected chi connectivity index (χ4v) is 4.90. The number of carbonyl (C=O) groups is 2. The van der Waals surface area contributed by atoms with E-state index in [-0.39, 0.29) is 23.9 Å². The van der Waals surface area contributed by atoms with Gasteiger partial charge in [-0.1, -0.05) is 48.3 Å². The zero-order valence-electron chi connectivity index (χ0n) is 18.3. The standard InChI is InChI=1S/C18H23N5O2S.C6H6/c1-26-20-15-6-9-23(18(15)25)13-4-2-7-21(11-13)17(24)14-5-3-8-22-12-19-10-16(14)22;1-2-4-6-5-3-1/h3,5,8,10,12-13,15,20H,2,4,6-7,9,11H2,1H3;1-6H. The minimum absolute atomic E-state index is 0.0197. The van der Waals surface area contributed by atoms with Crippen LogP contribution in [-0.4, -0.2) is 69.0 Å². The highest BCUT2D eigenvalue weighted by molar-refractivity contribution is 7.96. The maximum Gasteiger partial charge on any atom is 0.256 e. The van der Waals surface area contributed by atoms with Crippen LogP contribution in [0.4, 0.5) is 0 Å². The fourth-order valence-electron chi connectivity index (χ4n) is 4.40. The Morgan fingerprint density at radius 1 is 1.09 bits per heavy atom. The number of amides is 2. The Bertz CT molecular complexity index is 1010. The number of likely N-dealkylation sites (tertiary alicyclic amines) is 2. The van der Waals surface area contributed by atoms with Gasteiger partial charge in [0.2, 0.25) is 5.91 Å². The van der Waals surface area contributed by atoms with Crippen molar-refractivity contribution in [1.82, 2.24) is 23.9 Å². The van der Waals surface area contributed by atoms with E-state index in [0.717, 1.165) is 37.9 Å². The number of carbonyl (C=O) groups excluding carboxylic acids is 2. The van der Waals surface area contributed by atoms with Crippen molar-refractivity contribution in [1.29, 1.82) is 0 Å². The normalized spacial score (nSPS) is 20.8. The molecule has 32 heavy (non-hydrogen) atoms. The van der Waals surface area contributed by atoms with Crippen LogP contribution in [0, 0.1) is 0 Å². The molecule has 2 aromatic heterocycles. The van der Waals surface area contributed by atoms with Gasteiger partial charge in [-0.3, -0.25) is 14.3 Å². The van der Waals surface area contributed by atoms with Crippen LogP contribution < -0.4 is 4.72 Å². The van der Waals surface area contributed by atoms with E-state index in [0.29, 0.717) is 12.1 Å². The third-order valence-electron chi connectivity index (χ3n) is 5.97. The third-order valence-corrected chi connectivity index (χ3v) is 6.49. The van der Waals surface area contributed by atoms with Crippen molar-refractivity contribution in [2.75, 3.05) is 25.9 Å². The molecule has 2 fully saturated rings. The zero-order chi connectivity index (χ0) is 22.3. The van der Waals surface area contributed by atoms with E-state index in [2.05, 4.69) is 9.71 Å². The molecule has 1 aromatic carbocycles. The van der Waals surface area contributed by atoms with Crippen LogP contribution >= 0.6 is 11.9 Å². The lowest BCUT2D eigenvalue weighted by Crippen LogP contribution is -2.51. The van der Waals surface area contributed by atoms with Gasteiger partial charge in [-0.15, -0.1) is 0 Å². The summed E-state index contributed by atoms with van der Waals surface area (Å²) in [5.74, 6) is 0.183. The average Bonchev–Trinajstić information content (AvgIpc) is 3.47. The van der Waals surface area contributed by atoms with Crippen molar-refractivity contribution in [3.05, 3.63) is 72.8 Å². The number of pyridine rings is 1. The van der Waals surface area contributed by atoms with Crippen molar-refractivity contribution in [3.63, 3.8) is 0 Å². The SMILES string of the molecule is CSNC1CCN(C2CCCN(C(=O)c3cccn4cncc34)C2)C1=O.c1ccccc1. The van der Waals surface area contributed by atoms with E-state index in [9.17, 15) is 9.59 Å². The van der Waals surface area contributed by atoms with Crippen LogP contribution in [0.15, 0.2) is 67.3 Å². The first kappa shape index (κ1) is 22.4. The Hall–Kier alpha value is -2.84. The number of fused-ring (bicyclic) bond motifs is 1. The van der Waals surface area contributed by atoms with E-state index >= 15 is 0 Å². The molecule has 0 radical (unpaired) electrons. The van der Waals surface area contributed by atoms with Gasteiger partial charge in [0.15, 0.2) is 0 Å². The second-order valence-electron chi connectivity index (χ2n) is 8.00. The summed E-state index contributed by atoms with van der Waals surface area (Å²) in [7, 11) is 0. The molecule has 168 valence electrons. The van der Waals surface area contributed by atoms with Gasteiger partial charge in [-0.05, 0) is 37.7 Å². The number of piperidine rings is 1. The van der Waals surface area contributed by atoms with Gasteiger partial charge in [0.1, 0.15) is 0 Å². The number of nitrogens with one attached hydrogen (secondary N) is 1. The molecular weight excluding hydrogens is 422 g/mol. The number of aromatic nitrogens is 2. The summed E-state index contributed by atoms with van der Waals surface area (Å²) >= 11 is 1.49. The Morgan fingerprint density at radius 3 is 2.56 bits per heavy atom. The molecule has 0 saturated carbocycles. The van der Waals surface area contributed by atoms with E-state index in [1.165, 1.54) is 11.9 Å². The lowest BCUT2D eigenvalue weighted by atomic mass is 10.0. The minimum atomic E-state index is -0.100. The molecule has 2 unspecified atom stereocenters. The Balaban J connectivity index is 0.000000354. The van der Waals surface area contributed by atoms with E-state index in [1.54, 1.807) is 12.5 Å². The van der Waals surface area contributed by atoms with Crippen LogP contribution in [0.3, 0.4) is 0 Å². The highest BCUT2D eigenvalue weighted by Crippen LogP contribution is 2.24. The van der Waals surface area contributed by atoms with Crippen LogP contribution in [-0.2, 0) is 4.79 Å². The van der Waals surface area contributed by atoms with Crippen molar-refractivity contribution in [2.24, 2.45) is 0 Å². The molecule has 2 aliphatic rings. The topological polar surface area (TPSA) is 69.9 Å². The molecule has 1 N–H and O–H groups in total. The van der Waals surface area contributed by atoms with Crippen molar-refractivity contribution in [3.8, 4) is 0 Å². The van der Waals surface area contributed by atoms with Gasteiger partial charge in [-0.25, -0.2) is 4.98 Å². The predicted molar refractivity (Wildman–Crippen MR) is 127 cm³/mol. The van der Waals surface area contributed by atoms with E-state index in [4.69, 9.17) is 0 Å². The average molecular weight is 452 g/mol. The molecule has 8 heteroatoms. The molecule has 2 amide bonds. The minimum Gasteiger partial charge on any atom is -0.337 e. The van der Waals surface area contributed by atoms with Gasteiger partial charge in [0.05, 0.1) is 29.6 Å². The van der Waals surface area contributed by atoms with Crippen LogP contribution in [0.1, 0.15) is 29.6 Å². The smallest absolute Gasteiger partial charge is 0.256 e. The fraction of sp³-hybridized carbons (Fsp3) is 0.375. The van der Waals surface area contributed by atoms with E-state index < -0.39 is 0 Å². The summed E-state index contributed by atoms with van der Waals surface area (Å²) in [5, 5.41) is 0. The maximum absolute atomic E-state index is 13.1. The molecule has 0 bridgehead atoms. The number of rotatable bonds is 4. The summed E-state index contributed by atoms with van der Waals surface area (Å²) in [5.41, 5.74) is 1.49. The summed E-state index contributed by atoms with van der Waals surface area (Å²) in [6.07, 6.45) is 9.96. The highest BCUT2D eigenvalue weighted by atomic mass is 32.2. The number of nitrogens with zero attached hydrogens (tertiary/aromatic N) is 4. The van der Waals surface area contributed by atoms with Gasteiger partial charge in [0, 0.05) is 31.9 Å². The molecule has 0 spiro atoms. The largest absolute Gasteiger partial charge is 0.337 e. The van der Waals surface area contributed by atoms with Crippen LogP contribution in [0.5, 0.6) is 0 Å². The number of benzene rings is 1. The maximum atomic E-state index is 13.1. The van der Waals surface area contributed by atoms with Gasteiger partial charge < -0.3 is 14.2 Å². The van der Waals surface area contributed by atoms with Gasteiger partial charge in [-0.2, -0.15) is 0 Å². The summed E-state index contributed by atoms with van der Waals surface area (Å²) in [6, 6.07) is 15.7. The summed E-state index contributed by atoms with van der Waals surface area (Å²) in [6.45, 7) is 2.10. The molecule has 7 nitrogen and oxygen atoms in total. The quantitative estimate of drug-likeness (QED) is 0.618. The lowest BCUT2D eigenvalue weighted by Gasteiger charge is -2.37. The Morgan fingerprint density at radius 2 is 1.84 bits per heavy atom. The van der Waals surface area contributed by atoms with E-state index in [1.807, 2.05) is 75.2 Å². The Kier molecular flexibility index (Phi) is 7.44. The van der Waals surface area contributed by atoms with Crippen LogP contribution in [0.2, 0.25) is 0 Å². The van der Waals surface area contributed by atoms with Gasteiger partial charge >= 0.3 is 0 Å². The zero-order valence-corrected chi connectivity index (χ0v) is 19.1. The van der Waals surface area contributed by atoms with Crippen LogP contribution in [0.25, 0.3) is 5.52 Å². The summed E-state index contributed by atoms with van der Waals surface area (Å²) in [4.78, 5) is 33.7. The summed E-state index contributed by atoms with van der Waals surface area (Å²) < 4.78 is 5.03. The number of hydrogen-bond acceptors (Lipinski definition) is 5. The Labute approximate surface area is 192 Å². The third kappa shape index (κ3) is 4.97. The molecular formula is C24H29N5O2S. The first-order valence-corrected chi connectivity index (χ1v) is 12.2. The molecule has 2 aliphatic heterocycles. The van der Waals surface area contributed by atoms with Crippen molar-refractivity contribution < 1.29 is 9.59 Å². The predicted octanol–water partition coefficient (Wildman–Crippen LogP) is 3.09. The second kappa shape index (κ2) is 10.7. The monoisotopic (exact) mass is 451 g/mol. The second-order valence-corrected chi connectivity index (χ2v) is 8.65. The molecule has 5 rings (SSSR count). The number of hydrogen-bond donors (Lipinski definition) is 1. The molecule has 4 heterocycles. The molecule has 0 aliphatic carbocycles. The first-order chi connectivity index (χ1) is 15.7. The molecule has 3 aromatic rings. The van der Waals surface area contributed by atoms with Crippen molar-refractivity contribution >= 4 is 29.3 Å².